The van der Waals surface area contributed by atoms with Crippen LogP contribution in [0.2, 0.25) is 0 Å². The Morgan fingerprint density at radius 2 is 1.65 bits per heavy atom. The number of carbonyl (C=O) groups is 1. The first kappa shape index (κ1) is 22.8. The van der Waals surface area contributed by atoms with Gasteiger partial charge in [0.1, 0.15) is 0 Å². The fraction of sp³-hybridized carbons (Fsp3) is 0.231. The van der Waals surface area contributed by atoms with E-state index in [-0.39, 0.29) is 16.8 Å². The normalized spacial score (nSPS) is 20.0. The van der Waals surface area contributed by atoms with Crippen LogP contribution in [0, 0.1) is 0 Å². The lowest BCUT2D eigenvalue weighted by Gasteiger charge is -2.30. The number of nitrogens with two attached hydrogens (primary N) is 1. The Balaban J connectivity index is 1.50. The summed E-state index contributed by atoms with van der Waals surface area (Å²) in [6.07, 6.45) is 7.23. The molecule has 1 aliphatic heterocycles. The molecule has 1 saturated carbocycles. The van der Waals surface area contributed by atoms with Gasteiger partial charge in [0.25, 0.3) is 5.91 Å². The molecule has 34 heavy (non-hydrogen) atoms. The Kier molecular flexibility index (Phi) is 6.29. The largest absolute Gasteiger partial charge is 0.283 e. The molecular formula is C26H25N3O3S2. The summed E-state index contributed by atoms with van der Waals surface area (Å²) in [7, 11) is -3.77. The average molecular weight is 492 g/mol. The maximum atomic E-state index is 13.5. The number of benzene rings is 3. The Morgan fingerprint density at radius 1 is 0.941 bits per heavy atom. The van der Waals surface area contributed by atoms with Crippen LogP contribution >= 0.6 is 11.8 Å². The fourth-order valence-corrected chi connectivity index (χ4v) is 6.07. The van der Waals surface area contributed by atoms with E-state index in [1.807, 2.05) is 29.2 Å². The number of carbonyl (C=O) groups excluding carboxylic acids is 1. The molecule has 8 heteroatoms. The average Bonchev–Trinajstić information content (AvgIpc) is 3.13. The van der Waals surface area contributed by atoms with Crippen LogP contribution in [0.3, 0.4) is 0 Å². The van der Waals surface area contributed by atoms with Crippen molar-refractivity contribution < 1.29 is 13.2 Å². The SMILES string of the molecule is NS(=O)(=O)c1ccc(/N=C2\SC(=Cc3ccc4ccccc4c3)C(=O)N2C2CCCCC2)cc1. The van der Waals surface area contributed by atoms with E-state index in [0.717, 1.165) is 42.0 Å². The number of aliphatic imine (C=N–C) groups is 1. The monoisotopic (exact) mass is 491 g/mol. The summed E-state index contributed by atoms with van der Waals surface area (Å²) in [5.74, 6) is -0.0232. The third-order valence-corrected chi connectivity index (χ3v) is 8.15. The van der Waals surface area contributed by atoms with Crippen LogP contribution in [0.1, 0.15) is 37.7 Å². The number of amidine groups is 1. The van der Waals surface area contributed by atoms with Crippen molar-refractivity contribution in [1.82, 2.24) is 4.90 Å². The first-order valence-electron chi connectivity index (χ1n) is 11.3. The molecule has 0 unspecified atom stereocenters. The van der Waals surface area contributed by atoms with Crippen LogP contribution < -0.4 is 5.14 Å². The van der Waals surface area contributed by atoms with Crippen LogP contribution in [0.15, 0.2) is 81.5 Å². The van der Waals surface area contributed by atoms with E-state index >= 15 is 0 Å². The van der Waals surface area contributed by atoms with Gasteiger partial charge in [-0.15, -0.1) is 0 Å². The second-order valence-electron chi connectivity index (χ2n) is 8.62. The molecule has 174 valence electrons. The highest BCUT2D eigenvalue weighted by molar-refractivity contribution is 8.18. The zero-order valence-corrected chi connectivity index (χ0v) is 20.2. The summed E-state index contributed by atoms with van der Waals surface area (Å²) in [5, 5.41) is 8.12. The van der Waals surface area contributed by atoms with Gasteiger partial charge in [-0.05, 0) is 77.3 Å². The topological polar surface area (TPSA) is 92.8 Å². The zero-order chi connectivity index (χ0) is 23.7. The van der Waals surface area contributed by atoms with Gasteiger partial charge in [-0.1, -0.05) is 55.7 Å². The van der Waals surface area contributed by atoms with Crippen molar-refractivity contribution in [2.45, 2.75) is 43.0 Å². The van der Waals surface area contributed by atoms with Gasteiger partial charge < -0.3 is 0 Å². The van der Waals surface area contributed by atoms with Crippen LogP contribution in [-0.4, -0.2) is 30.4 Å². The molecule has 2 N–H and O–H groups in total. The molecule has 1 aliphatic carbocycles. The second kappa shape index (κ2) is 9.37. The number of hydrogen-bond acceptors (Lipinski definition) is 5. The van der Waals surface area contributed by atoms with Gasteiger partial charge in [-0.3, -0.25) is 9.69 Å². The number of rotatable bonds is 4. The molecule has 5 rings (SSSR count). The molecule has 0 radical (unpaired) electrons. The Morgan fingerprint density at radius 3 is 2.35 bits per heavy atom. The molecule has 3 aromatic carbocycles. The predicted octanol–water partition coefficient (Wildman–Crippen LogP) is 5.42. The number of nitrogens with zero attached hydrogens (tertiary/aromatic N) is 2. The molecule has 3 aromatic rings. The van der Waals surface area contributed by atoms with Crippen LogP contribution in [0.5, 0.6) is 0 Å². The van der Waals surface area contributed by atoms with Crippen molar-refractivity contribution >= 4 is 55.4 Å². The van der Waals surface area contributed by atoms with E-state index in [4.69, 9.17) is 10.1 Å². The minimum Gasteiger partial charge on any atom is -0.283 e. The molecule has 1 amide bonds. The van der Waals surface area contributed by atoms with Crippen LogP contribution in [0.25, 0.3) is 16.8 Å². The molecule has 6 nitrogen and oxygen atoms in total. The van der Waals surface area contributed by atoms with Gasteiger partial charge in [-0.25, -0.2) is 18.5 Å². The number of primary sulfonamides is 1. The quantitative estimate of drug-likeness (QED) is 0.493. The van der Waals surface area contributed by atoms with Crippen molar-refractivity contribution in [3.05, 3.63) is 77.2 Å². The van der Waals surface area contributed by atoms with E-state index in [0.29, 0.717) is 15.8 Å². The number of thioether (sulfide) groups is 1. The third-order valence-electron chi connectivity index (χ3n) is 6.24. The molecule has 2 aliphatic rings. The summed E-state index contributed by atoms with van der Waals surface area (Å²) in [5.41, 5.74) is 1.55. The van der Waals surface area contributed by atoms with Crippen molar-refractivity contribution in [1.29, 1.82) is 0 Å². The number of fused-ring (bicyclic) bond motifs is 1. The van der Waals surface area contributed by atoms with Gasteiger partial charge in [-0.2, -0.15) is 0 Å². The van der Waals surface area contributed by atoms with E-state index in [2.05, 4.69) is 24.3 Å². The minimum atomic E-state index is -3.77. The lowest BCUT2D eigenvalue weighted by Crippen LogP contribution is -2.40. The van der Waals surface area contributed by atoms with Crippen molar-refractivity contribution in [3.8, 4) is 0 Å². The highest BCUT2D eigenvalue weighted by Gasteiger charge is 2.38. The van der Waals surface area contributed by atoms with E-state index in [9.17, 15) is 13.2 Å². The third kappa shape index (κ3) is 4.80. The molecule has 2 fully saturated rings. The Hall–Kier alpha value is -2.94. The highest BCUT2D eigenvalue weighted by atomic mass is 32.2. The summed E-state index contributed by atoms with van der Waals surface area (Å²) in [4.78, 5) is 20.8. The lowest BCUT2D eigenvalue weighted by atomic mass is 9.94. The number of sulfonamides is 1. The van der Waals surface area contributed by atoms with Gasteiger partial charge in [0.05, 0.1) is 15.5 Å². The predicted molar refractivity (Wildman–Crippen MR) is 138 cm³/mol. The number of hydrogen-bond donors (Lipinski definition) is 1. The number of amides is 1. The van der Waals surface area contributed by atoms with Crippen LogP contribution in [-0.2, 0) is 14.8 Å². The zero-order valence-electron chi connectivity index (χ0n) is 18.6. The van der Waals surface area contributed by atoms with Crippen molar-refractivity contribution in [2.24, 2.45) is 10.1 Å². The van der Waals surface area contributed by atoms with E-state index in [1.54, 1.807) is 12.1 Å². The molecule has 0 aromatic heterocycles. The maximum Gasteiger partial charge on any atom is 0.267 e. The van der Waals surface area contributed by atoms with E-state index < -0.39 is 10.0 Å². The molecule has 1 heterocycles. The van der Waals surface area contributed by atoms with Gasteiger partial charge in [0.2, 0.25) is 10.0 Å². The first-order chi connectivity index (χ1) is 16.4. The second-order valence-corrected chi connectivity index (χ2v) is 11.2. The standard InChI is InChI=1S/C26H25N3O3S2/c27-34(31,32)23-14-12-21(13-15-23)28-26-29(22-8-2-1-3-9-22)25(30)24(33-26)17-18-10-11-19-6-4-5-7-20(19)16-18/h4-7,10-17,22H,1-3,8-9H2,(H2,27,31,32)/b24-17?,28-26-. The fourth-order valence-electron chi connectivity index (χ4n) is 4.50. The summed E-state index contributed by atoms with van der Waals surface area (Å²) in [6.45, 7) is 0. The molecular weight excluding hydrogens is 466 g/mol. The van der Waals surface area contributed by atoms with Gasteiger partial charge >= 0.3 is 0 Å². The summed E-state index contributed by atoms with van der Waals surface area (Å²) >= 11 is 1.37. The van der Waals surface area contributed by atoms with Gasteiger partial charge in [0.15, 0.2) is 5.17 Å². The van der Waals surface area contributed by atoms with Crippen molar-refractivity contribution in [3.63, 3.8) is 0 Å². The smallest absolute Gasteiger partial charge is 0.267 e. The van der Waals surface area contributed by atoms with Crippen molar-refractivity contribution in [2.75, 3.05) is 0 Å². The maximum absolute atomic E-state index is 13.5. The Labute approximate surface area is 203 Å². The molecule has 1 saturated heterocycles. The summed E-state index contributed by atoms with van der Waals surface area (Å²) < 4.78 is 23.1. The Bertz CT molecular complexity index is 1410. The van der Waals surface area contributed by atoms with Gasteiger partial charge in [0, 0.05) is 6.04 Å². The minimum absolute atomic E-state index is 0.0232. The van der Waals surface area contributed by atoms with Crippen LogP contribution in [0.4, 0.5) is 5.69 Å². The molecule has 0 bridgehead atoms. The lowest BCUT2D eigenvalue weighted by molar-refractivity contribution is -0.124. The first-order valence-corrected chi connectivity index (χ1v) is 13.7. The van der Waals surface area contributed by atoms with E-state index in [1.165, 1.54) is 30.3 Å². The molecule has 0 atom stereocenters. The summed E-state index contributed by atoms with van der Waals surface area (Å²) in [6, 6.07) is 20.5. The highest BCUT2D eigenvalue weighted by Crippen LogP contribution is 2.38. The molecule has 0 spiro atoms.